The molecule has 0 unspecified atom stereocenters. The molecule has 8 heteroatoms. The Bertz CT molecular complexity index is 1070. The Balaban J connectivity index is 1.41. The van der Waals surface area contributed by atoms with Crippen molar-refractivity contribution < 1.29 is 23.8 Å². The highest BCUT2D eigenvalue weighted by Crippen LogP contribution is 2.32. The molecule has 2 heterocycles. The number of nitrogens with zero attached hydrogens (tertiary/aromatic N) is 1. The van der Waals surface area contributed by atoms with Crippen LogP contribution in [0.25, 0.3) is 0 Å². The summed E-state index contributed by atoms with van der Waals surface area (Å²) in [5.41, 5.74) is 2.13. The number of pyridine rings is 1. The predicted octanol–water partition coefficient (Wildman–Crippen LogP) is 3.59. The molecule has 8 nitrogen and oxygen atoms in total. The van der Waals surface area contributed by atoms with Crippen LogP contribution in [0.1, 0.15) is 20.7 Å². The molecule has 0 saturated heterocycles. The van der Waals surface area contributed by atoms with Crippen molar-refractivity contribution >= 4 is 29.1 Å². The van der Waals surface area contributed by atoms with Crippen LogP contribution in [0, 0.1) is 0 Å². The number of carbonyl (C=O) groups is 2. The van der Waals surface area contributed by atoms with E-state index in [9.17, 15) is 9.59 Å². The maximum absolute atomic E-state index is 12.4. The van der Waals surface area contributed by atoms with Crippen molar-refractivity contribution in [1.29, 1.82) is 0 Å². The molecule has 2 N–H and O–H groups in total. The number of rotatable bonds is 5. The lowest BCUT2D eigenvalue weighted by Gasteiger charge is -2.09. The van der Waals surface area contributed by atoms with Crippen LogP contribution < -0.4 is 20.1 Å². The summed E-state index contributed by atoms with van der Waals surface area (Å²) in [5.74, 6) is 1.03. The van der Waals surface area contributed by atoms with E-state index in [4.69, 9.17) is 14.2 Å². The first-order valence-corrected chi connectivity index (χ1v) is 8.75. The van der Waals surface area contributed by atoms with Crippen molar-refractivity contribution in [3.05, 3.63) is 71.9 Å². The molecule has 1 aliphatic heterocycles. The van der Waals surface area contributed by atoms with Gasteiger partial charge in [-0.15, -0.1) is 0 Å². The van der Waals surface area contributed by atoms with Crippen LogP contribution in [0.5, 0.6) is 11.5 Å². The largest absolute Gasteiger partial charge is 0.465 e. The lowest BCUT2D eigenvalue weighted by atomic mass is 10.2. The number of fused-ring (bicyclic) bond motifs is 1. The van der Waals surface area contributed by atoms with Crippen molar-refractivity contribution in [2.45, 2.75) is 0 Å². The number of amides is 1. The Morgan fingerprint density at radius 2 is 1.83 bits per heavy atom. The van der Waals surface area contributed by atoms with E-state index in [-0.39, 0.29) is 12.7 Å². The van der Waals surface area contributed by atoms with Gasteiger partial charge in [0.2, 0.25) is 6.79 Å². The molecule has 1 amide bonds. The molecular formula is C21H17N3O5. The van der Waals surface area contributed by atoms with Gasteiger partial charge in [-0.1, -0.05) is 6.07 Å². The van der Waals surface area contributed by atoms with E-state index in [1.165, 1.54) is 13.3 Å². The first kappa shape index (κ1) is 18.3. The van der Waals surface area contributed by atoms with Crippen molar-refractivity contribution in [2.24, 2.45) is 0 Å². The van der Waals surface area contributed by atoms with E-state index >= 15 is 0 Å². The highest BCUT2D eigenvalue weighted by molar-refractivity contribution is 6.04. The van der Waals surface area contributed by atoms with E-state index < -0.39 is 5.97 Å². The standard InChI is InChI=1S/C21H17N3O5/c1-27-21(26)14-3-2-4-15(9-14)23-19-8-6-16(11-22-19)24-20(25)13-5-7-17-18(10-13)29-12-28-17/h2-11H,12H2,1H3,(H,22,23)(H,24,25). The van der Waals surface area contributed by atoms with E-state index in [0.717, 1.165) is 0 Å². The molecule has 0 fully saturated rings. The maximum atomic E-state index is 12.4. The number of esters is 1. The summed E-state index contributed by atoms with van der Waals surface area (Å²) in [6, 6.07) is 15.3. The number of benzene rings is 2. The first-order valence-electron chi connectivity index (χ1n) is 8.75. The Hall–Kier alpha value is -4.07. The normalized spacial score (nSPS) is 11.6. The van der Waals surface area contributed by atoms with Crippen LogP contribution in [0.3, 0.4) is 0 Å². The number of anilines is 3. The average molecular weight is 391 g/mol. The molecule has 2 aromatic carbocycles. The van der Waals surface area contributed by atoms with Crippen molar-refractivity contribution in [2.75, 3.05) is 24.5 Å². The Morgan fingerprint density at radius 1 is 0.966 bits per heavy atom. The van der Waals surface area contributed by atoms with Crippen LogP contribution >= 0.6 is 0 Å². The summed E-state index contributed by atoms with van der Waals surface area (Å²) >= 11 is 0. The number of carbonyl (C=O) groups excluding carboxylic acids is 2. The number of aromatic nitrogens is 1. The summed E-state index contributed by atoms with van der Waals surface area (Å²) in [6.45, 7) is 0.154. The quantitative estimate of drug-likeness (QED) is 0.641. The van der Waals surface area contributed by atoms with E-state index in [2.05, 4.69) is 15.6 Å². The lowest BCUT2D eigenvalue weighted by Crippen LogP contribution is -2.12. The van der Waals surface area contributed by atoms with Crippen LogP contribution in [0.15, 0.2) is 60.8 Å². The van der Waals surface area contributed by atoms with Gasteiger partial charge in [-0.2, -0.15) is 0 Å². The number of ether oxygens (including phenoxy) is 3. The Labute approximate surface area is 166 Å². The highest BCUT2D eigenvalue weighted by atomic mass is 16.7. The zero-order chi connectivity index (χ0) is 20.2. The second-order valence-corrected chi connectivity index (χ2v) is 6.15. The lowest BCUT2D eigenvalue weighted by molar-refractivity contribution is 0.0600. The number of hydrogen-bond acceptors (Lipinski definition) is 7. The molecule has 0 atom stereocenters. The van der Waals surface area contributed by atoms with Gasteiger partial charge in [0.25, 0.3) is 5.91 Å². The van der Waals surface area contributed by atoms with Crippen LogP contribution in [0.2, 0.25) is 0 Å². The topological polar surface area (TPSA) is 98.8 Å². The molecule has 3 aromatic rings. The summed E-state index contributed by atoms with van der Waals surface area (Å²) in [5, 5.41) is 5.89. The van der Waals surface area contributed by atoms with Gasteiger partial charge in [0.1, 0.15) is 5.82 Å². The second-order valence-electron chi connectivity index (χ2n) is 6.15. The number of methoxy groups -OCH3 is 1. The molecule has 1 aromatic heterocycles. The second kappa shape index (κ2) is 7.89. The van der Waals surface area contributed by atoms with Crippen LogP contribution in [-0.4, -0.2) is 30.8 Å². The monoisotopic (exact) mass is 391 g/mol. The van der Waals surface area contributed by atoms with E-state index in [0.29, 0.717) is 39.8 Å². The maximum Gasteiger partial charge on any atom is 0.337 e. The van der Waals surface area contributed by atoms with E-state index in [1.54, 1.807) is 48.5 Å². The third-order valence-electron chi connectivity index (χ3n) is 4.21. The zero-order valence-electron chi connectivity index (χ0n) is 15.5. The van der Waals surface area contributed by atoms with Gasteiger partial charge in [0.15, 0.2) is 11.5 Å². The molecule has 29 heavy (non-hydrogen) atoms. The van der Waals surface area contributed by atoms with E-state index in [1.807, 2.05) is 6.07 Å². The summed E-state index contributed by atoms with van der Waals surface area (Å²) < 4.78 is 15.3. The van der Waals surface area contributed by atoms with Crippen molar-refractivity contribution in [1.82, 2.24) is 4.98 Å². The minimum Gasteiger partial charge on any atom is -0.465 e. The first-order chi connectivity index (χ1) is 14.1. The molecule has 0 bridgehead atoms. The smallest absolute Gasteiger partial charge is 0.337 e. The molecule has 0 spiro atoms. The van der Waals surface area contributed by atoms with Gasteiger partial charge >= 0.3 is 5.97 Å². The molecule has 0 radical (unpaired) electrons. The predicted molar refractivity (Wildman–Crippen MR) is 106 cm³/mol. The fraction of sp³-hybridized carbons (Fsp3) is 0.0952. The summed E-state index contributed by atoms with van der Waals surface area (Å²) in [4.78, 5) is 28.3. The molecule has 4 rings (SSSR count). The zero-order valence-corrected chi connectivity index (χ0v) is 15.5. The molecule has 0 saturated carbocycles. The third kappa shape index (κ3) is 4.11. The molecule has 0 aliphatic carbocycles. The Kier molecular flexibility index (Phi) is 4.98. The molecule has 1 aliphatic rings. The van der Waals surface area contributed by atoms with Gasteiger partial charge in [-0.05, 0) is 48.5 Å². The van der Waals surface area contributed by atoms with Crippen LogP contribution in [0.4, 0.5) is 17.2 Å². The minimum atomic E-state index is -0.414. The van der Waals surface area contributed by atoms with Gasteiger partial charge in [-0.3, -0.25) is 4.79 Å². The van der Waals surface area contributed by atoms with Crippen molar-refractivity contribution in [3.8, 4) is 11.5 Å². The third-order valence-corrected chi connectivity index (χ3v) is 4.21. The molecule has 146 valence electrons. The number of hydrogen-bond donors (Lipinski definition) is 2. The summed E-state index contributed by atoms with van der Waals surface area (Å²) in [7, 11) is 1.33. The van der Waals surface area contributed by atoms with Gasteiger partial charge in [0.05, 0.1) is 24.6 Å². The van der Waals surface area contributed by atoms with Gasteiger partial charge in [0, 0.05) is 11.3 Å². The minimum absolute atomic E-state index is 0.154. The number of nitrogens with one attached hydrogen (secondary N) is 2. The summed E-state index contributed by atoms with van der Waals surface area (Å²) in [6.07, 6.45) is 1.54. The van der Waals surface area contributed by atoms with Crippen LogP contribution in [-0.2, 0) is 4.74 Å². The molecular weight excluding hydrogens is 374 g/mol. The van der Waals surface area contributed by atoms with Gasteiger partial charge in [-0.25, -0.2) is 9.78 Å². The highest BCUT2D eigenvalue weighted by Gasteiger charge is 2.16. The fourth-order valence-corrected chi connectivity index (χ4v) is 2.77. The Morgan fingerprint density at radius 3 is 2.62 bits per heavy atom. The fourth-order valence-electron chi connectivity index (χ4n) is 2.77. The SMILES string of the molecule is COC(=O)c1cccc(Nc2ccc(NC(=O)c3ccc4c(c3)OCO4)cn2)c1. The average Bonchev–Trinajstić information content (AvgIpc) is 3.22. The van der Waals surface area contributed by atoms with Gasteiger partial charge < -0.3 is 24.8 Å². The van der Waals surface area contributed by atoms with Crippen molar-refractivity contribution in [3.63, 3.8) is 0 Å².